The Morgan fingerprint density at radius 3 is 2.81 bits per heavy atom. The van der Waals surface area contributed by atoms with E-state index in [-0.39, 0.29) is 12.5 Å². The van der Waals surface area contributed by atoms with Gasteiger partial charge in [0.2, 0.25) is 5.91 Å². The van der Waals surface area contributed by atoms with Crippen molar-refractivity contribution in [3.63, 3.8) is 0 Å². The molecule has 7 heteroatoms. The lowest BCUT2D eigenvalue weighted by molar-refractivity contribution is -0.118. The summed E-state index contributed by atoms with van der Waals surface area (Å²) in [6.07, 6.45) is 0.795. The normalized spacial score (nSPS) is 10.7. The molecule has 26 heavy (non-hydrogen) atoms. The number of primary amides is 1. The molecule has 134 valence electrons. The van der Waals surface area contributed by atoms with Gasteiger partial charge in [-0.05, 0) is 35.8 Å². The molecule has 6 nitrogen and oxygen atoms in total. The van der Waals surface area contributed by atoms with Crippen molar-refractivity contribution in [1.29, 1.82) is 0 Å². The molecule has 2 amide bonds. The number of anilines is 1. The van der Waals surface area contributed by atoms with Crippen LogP contribution in [-0.4, -0.2) is 41.2 Å². The Balaban J connectivity index is 1.62. The van der Waals surface area contributed by atoms with Crippen molar-refractivity contribution in [3.8, 4) is 0 Å². The van der Waals surface area contributed by atoms with Crippen LogP contribution in [-0.2, 0) is 11.2 Å². The second-order valence-corrected chi connectivity index (χ2v) is 6.82. The first kappa shape index (κ1) is 17.9. The number of nitrogens with one attached hydrogen (secondary N) is 1. The highest BCUT2D eigenvalue weighted by Gasteiger charge is 2.13. The van der Waals surface area contributed by atoms with Crippen molar-refractivity contribution >= 4 is 39.1 Å². The summed E-state index contributed by atoms with van der Waals surface area (Å²) >= 11 is 1.51. The number of carbonyl (C=O) groups is 2. The Morgan fingerprint density at radius 1 is 1.19 bits per heavy atom. The summed E-state index contributed by atoms with van der Waals surface area (Å²) < 4.78 is 5.71. The number of nitrogens with two attached hydrogens (primary N) is 1. The SMILES string of the molecule is CN(CC(N)=O)C(=O)c1cccc(NCCc2nsc3ccccc23)c1. The van der Waals surface area contributed by atoms with Crippen LogP contribution < -0.4 is 11.1 Å². The molecule has 3 aromatic rings. The van der Waals surface area contributed by atoms with E-state index < -0.39 is 5.91 Å². The quantitative estimate of drug-likeness (QED) is 0.671. The van der Waals surface area contributed by atoms with Crippen molar-refractivity contribution in [2.75, 3.05) is 25.5 Å². The molecule has 1 aromatic heterocycles. The number of aromatic nitrogens is 1. The van der Waals surface area contributed by atoms with Crippen LogP contribution in [0.4, 0.5) is 5.69 Å². The van der Waals surface area contributed by atoms with Gasteiger partial charge in [0, 0.05) is 36.7 Å². The molecule has 0 saturated carbocycles. The molecule has 0 radical (unpaired) electrons. The van der Waals surface area contributed by atoms with E-state index in [0.717, 1.165) is 17.8 Å². The summed E-state index contributed by atoms with van der Waals surface area (Å²) in [5, 5.41) is 4.52. The third-order valence-electron chi connectivity index (χ3n) is 3.99. The molecule has 0 aliphatic rings. The van der Waals surface area contributed by atoms with Crippen LogP contribution >= 0.6 is 11.5 Å². The van der Waals surface area contributed by atoms with Gasteiger partial charge < -0.3 is 16.0 Å². The predicted molar refractivity (Wildman–Crippen MR) is 104 cm³/mol. The van der Waals surface area contributed by atoms with Crippen LogP contribution in [0.5, 0.6) is 0 Å². The van der Waals surface area contributed by atoms with Gasteiger partial charge in [0.15, 0.2) is 0 Å². The van der Waals surface area contributed by atoms with Gasteiger partial charge in [-0.15, -0.1) is 0 Å². The lowest BCUT2D eigenvalue weighted by Crippen LogP contribution is -2.35. The highest BCUT2D eigenvalue weighted by Crippen LogP contribution is 2.22. The Kier molecular flexibility index (Phi) is 5.48. The Labute approximate surface area is 155 Å². The van der Waals surface area contributed by atoms with Crippen molar-refractivity contribution in [1.82, 2.24) is 9.27 Å². The number of fused-ring (bicyclic) bond motifs is 1. The van der Waals surface area contributed by atoms with Gasteiger partial charge >= 0.3 is 0 Å². The van der Waals surface area contributed by atoms with E-state index in [2.05, 4.69) is 21.8 Å². The number of rotatable bonds is 7. The fourth-order valence-corrected chi connectivity index (χ4v) is 3.55. The summed E-state index contributed by atoms with van der Waals surface area (Å²) in [5.74, 6) is -0.774. The van der Waals surface area contributed by atoms with E-state index in [1.54, 1.807) is 19.2 Å². The van der Waals surface area contributed by atoms with Crippen LogP contribution in [0.1, 0.15) is 16.1 Å². The van der Waals surface area contributed by atoms with Gasteiger partial charge in [-0.2, -0.15) is 4.37 Å². The number of hydrogen-bond donors (Lipinski definition) is 2. The Bertz CT molecular complexity index is 938. The van der Waals surface area contributed by atoms with Crippen LogP contribution in [0.3, 0.4) is 0 Å². The minimum absolute atomic E-state index is 0.104. The topological polar surface area (TPSA) is 88.3 Å². The lowest BCUT2D eigenvalue weighted by atomic mass is 10.1. The molecule has 0 saturated heterocycles. The fraction of sp³-hybridized carbons (Fsp3) is 0.211. The summed E-state index contributed by atoms with van der Waals surface area (Å²) in [5.41, 5.74) is 7.58. The van der Waals surface area contributed by atoms with Crippen LogP contribution in [0.25, 0.3) is 10.1 Å². The van der Waals surface area contributed by atoms with Crippen molar-refractivity contribution < 1.29 is 9.59 Å². The van der Waals surface area contributed by atoms with Gasteiger partial charge in [-0.1, -0.05) is 24.3 Å². The maximum Gasteiger partial charge on any atom is 0.254 e. The minimum Gasteiger partial charge on any atom is -0.385 e. The molecule has 0 unspecified atom stereocenters. The maximum atomic E-state index is 12.3. The maximum absolute atomic E-state index is 12.3. The second-order valence-electron chi connectivity index (χ2n) is 6.01. The van der Waals surface area contributed by atoms with Crippen LogP contribution in [0.15, 0.2) is 48.5 Å². The molecule has 0 spiro atoms. The lowest BCUT2D eigenvalue weighted by Gasteiger charge is -2.15. The first-order valence-electron chi connectivity index (χ1n) is 8.25. The smallest absolute Gasteiger partial charge is 0.254 e. The zero-order chi connectivity index (χ0) is 18.5. The monoisotopic (exact) mass is 368 g/mol. The van der Waals surface area contributed by atoms with Gasteiger partial charge in [0.1, 0.15) is 0 Å². The molecule has 0 aliphatic heterocycles. The molecule has 0 aliphatic carbocycles. The molecule has 0 fully saturated rings. The standard InChI is InChI=1S/C19H20N4O2S/c1-23(12-18(20)24)19(25)13-5-4-6-14(11-13)21-10-9-16-15-7-2-3-8-17(15)26-22-16/h2-8,11,21H,9-10,12H2,1H3,(H2,20,24). The largest absolute Gasteiger partial charge is 0.385 e. The number of nitrogens with zero attached hydrogens (tertiary/aromatic N) is 2. The number of amides is 2. The van der Waals surface area contributed by atoms with Gasteiger partial charge in [0.05, 0.1) is 16.9 Å². The first-order valence-corrected chi connectivity index (χ1v) is 9.03. The van der Waals surface area contributed by atoms with Crippen molar-refractivity contribution in [2.45, 2.75) is 6.42 Å². The van der Waals surface area contributed by atoms with E-state index in [1.165, 1.54) is 26.5 Å². The van der Waals surface area contributed by atoms with E-state index in [1.807, 2.05) is 24.3 Å². The van der Waals surface area contributed by atoms with Crippen molar-refractivity contribution in [2.24, 2.45) is 5.73 Å². The van der Waals surface area contributed by atoms with Gasteiger partial charge in [0.25, 0.3) is 5.91 Å². The van der Waals surface area contributed by atoms with Crippen LogP contribution in [0, 0.1) is 0 Å². The van der Waals surface area contributed by atoms with Crippen molar-refractivity contribution in [3.05, 3.63) is 59.8 Å². The zero-order valence-electron chi connectivity index (χ0n) is 14.4. The van der Waals surface area contributed by atoms with Gasteiger partial charge in [-0.25, -0.2) is 0 Å². The van der Waals surface area contributed by atoms with Gasteiger partial charge in [-0.3, -0.25) is 9.59 Å². The molecular formula is C19H20N4O2S. The fourth-order valence-electron chi connectivity index (χ4n) is 2.73. The van der Waals surface area contributed by atoms with E-state index >= 15 is 0 Å². The molecule has 0 bridgehead atoms. The third kappa shape index (κ3) is 4.18. The molecule has 0 atom stereocenters. The third-order valence-corrected chi connectivity index (χ3v) is 4.86. The average molecular weight is 368 g/mol. The first-order chi connectivity index (χ1) is 12.5. The van der Waals surface area contributed by atoms with E-state index in [0.29, 0.717) is 12.1 Å². The molecular weight excluding hydrogens is 348 g/mol. The summed E-state index contributed by atoms with van der Waals surface area (Å²) in [4.78, 5) is 24.6. The molecule has 3 rings (SSSR count). The highest BCUT2D eigenvalue weighted by atomic mass is 32.1. The average Bonchev–Trinajstić information content (AvgIpc) is 3.04. The summed E-state index contributed by atoms with van der Waals surface area (Å²) in [7, 11) is 1.56. The number of carbonyl (C=O) groups excluding carboxylic acids is 2. The summed E-state index contributed by atoms with van der Waals surface area (Å²) in [6.45, 7) is 0.607. The Morgan fingerprint density at radius 2 is 2.00 bits per heavy atom. The molecule has 3 N–H and O–H groups in total. The predicted octanol–water partition coefficient (Wildman–Crippen LogP) is 2.51. The van der Waals surface area contributed by atoms with E-state index in [4.69, 9.17) is 5.73 Å². The number of likely N-dealkylation sites (N-methyl/N-ethyl adjacent to an activating group) is 1. The number of benzene rings is 2. The zero-order valence-corrected chi connectivity index (χ0v) is 15.3. The summed E-state index contributed by atoms with van der Waals surface area (Å²) in [6, 6.07) is 15.4. The number of hydrogen-bond acceptors (Lipinski definition) is 5. The second kappa shape index (κ2) is 7.97. The Hall–Kier alpha value is -2.93. The highest BCUT2D eigenvalue weighted by molar-refractivity contribution is 7.13. The molecule has 1 heterocycles. The van der Waals surface area contributed by atoms with E-state index in [9.17, 15) is 9.59 Å². The van der Waals surface area contributed by atoms with Crippen LogP contribution in [0.2, 0.25) is 0 Å². The molecule has 2 aromatic carbocycles. The minimum atomic E-state index is -0.536.